The van der Waals surface area contributed by atoms with Crippen molar-refractivity contribution in [3.05, 3.63) is 66.2 Å². The molecule has 0 saturated carbocycles. The van der Waals surface area contributed by atoms with E-state index in [9.17, 15) is 9.18 Å². The maximum absolute atomic E-state index is 12.7. The number of halogens is 1. The number of nitrogens with zero attached hydrogens (tertiary/aromatic N) is 3. The maximum Gasteiger partial charge on any atom is 0.278 e. The van der Waals surface area contributed by atoms with E-state index < -0.39 is 12.6 Å². The van der Waals surface area contributed by atoms with Gasteiger partial charge in [0.1, 0.15) is 0 Å². The van der Waals surface area contributed by atoms with Crippen LogP contribution in [0.15, 0.2) is 55.0 Å². The van der Waals surface area contributed by atoms with Gasteiger partial charge in [0.05, 0.1) is 18.6 Å². The van der Waals surface area contributed by atoms with Gasteiger partial charge in [-0.1, -0.05) is 18.2 Å². The Morgan fingerprint density at radius 1 is 1.16 bits per heavy atom. The minimum absolute atomic E-state index is 0.0106. The van der Waals surface area contributed by atoms with Gasteiger partial charge in [-0.25, -0.2) is 9.97 Å². The van der Waals surface area contributed by atoms with Crippen LogP contribution in [0, 0.1) is 0 Å². The van der Waals surface area contributed by atoms with E-state index in [1.54, 1.807) is 42.7 Å². The quantitative estimate of drug-likeness (QED) is 0.746. The van der Waals surface area contributed by atoms with Crippen LogP contribution in [0.5, 0.6) is 0 Å². The zero-order valence-corrected chi connectivity index (χ0v) is 13.3. The van der Waals surface area contributed by atoms with Gasteiger partial charge >= 0.3 is 0 Å². The van der Waals surface area contributed by atoms with E-state index in [0.29, 0.717) is 16.9 Å². The summed E-state index contributed by atoms with van der Waals surface area (Å²) in [6.07, 6.45) is 4.97. The van der Waals surface area contributed by atoms with Crippen LogP contribution in [0.25, 0.3) is 11.3 Å². The number of aryl methyl sites for hydroxylation is 1. The van der Waals surface area contributed by atoms with Crippen molar-refractivity contribution in [2.45, 2.75) is 6.42 Å². The molecule has 0 aliphatic heterocycles. The molecule has 3 aromatic rings. The molecule has 0 aliphatic carbocycles. The monoisotopic (exact) mass is 337 g/mol. The Morgan fingerprint density at radius 2 is 2.00 bits per heavy atom. The van der Waals surface area contributed by atoms with Crippen molar-refractivity contribution in [1.82, 2.24) is 15.0 Å². The Balaban J connectivity index is 1.90. The molecule has 126 valence electrons. The lowest BCUT2D eigenvalue weighted by atomic mass is 10.1. The van der Waals surface area contributed by atoms with Crippen LogP contribution in [-0.2, 0) is 6.42 Å². The normalized spacial score (nSPS) is 10.4. The van der Waals surface area contributed by atoms with Crippen molar-refractivity contribution >= 4 is 17.4 Å². The second-order valence-corrected chi connectivity index (χ2v) is 5.28. The molecule has 0 bridgehead atoms. The fourth-order valence-corrected chi connectivity index (χ4v) is 2.36. The number of carbonyl (C=O) groups excluding carboxylic acids is 1. The first-order valence-electron chi connectivity index (χ1n) is 7.67. The van der Waals surface area contributed by atoms with E-state index in [4.69, 9.17) is 5.73 Å². The highest BCUT2D eigenvalue weighted by Crippen LogP contribution is 2.20. The SMILES string of the molecule is Nc1ncc(-c2cccnc2)nc1C(=O)Nc1ccccc1CCF. The highest BCUT2D eigenvalue weighted by molar-refractivity contribution is 6.06. The standard InChI is InChI=1S/C18H16FN5O/c19-8-7-12-4-1-2-6-14(12)24-18(25)16-17(20)22-11-15(23-16)13-5-3-9-21-10-13/h1-6,9-11H,7-8H2,(H2,20,22)(H,24,25). The Morgan fingerprint density at radius 3 is 2.76 bits per heavy atom. The Hall–Kier alpha value is -3.35. The number of benzene rings is 1. The van der Waals surface area contributed by atoms with Crippen LogP contribution in [-0.4, -0.2) is 27.5 Å². The second kappa shape index (κ2) is 7.48. The molecule has 1 amide bonds. The van der Waals surface area contributed by atoms with Gasteiger partial charge in [0, 0.05) is 30.1 Å². The van der Waals surface area contributed by atoms with Crippen LogP contribution in [0.4, 0.5) is 15.9 Å². The van der Waals surface area contributed by atoms with Crippen LogP contribution >= 0.6 is 0 Å². The number of nitrogens with one attached hydrogen (secondary N) is 1. The van der Waals surface area contributed by atoms with Crippen LogP contribution in [0.2, 0.25) is 0 Å². The third kappa shape index (κ3) is 3.77. The van der Waals surface area contributed by atoms with Crippen molar-refractivity contribution in [1.29, 1.82) is 0 Å². The molecule has 0 saturated heterocycles. The summed E-state index contributed by atoms with van der Waals surface area (Å²) in [7, 11) is 0. The lowest BCUT2D eigenvalue weighted by Crippen LogP contribution is -2.18. The van der Waals surface area contributed by atoms with Crippen molar-refractivity contribution in [2.75, 3.05) is 17.7 Å². The Labute approximate surface area is 144 Å². The summed E-state index contributed by atoms with van der Waals surface area (Å²) < 4.78 is 12.7. The van der Waals surface area contributed by atoms with E-state index in [2.05, 4.69) is 20.3 Å². The molecule has 0 unspecified atom stereocenters. The Kier molecular flexibility index (Phi) is 4.94. The molecule has 0 radical (unpaired) electrons. The summed E-state index contributed by atoms with van der Waals surface area (Å²) in [6.45, 7) is -0.509. The van der Waals surface area contributed by atoms with E-state index in [-0.39, 0.29) is 17.9 Å². The first kappa shape index (κ1) is 16.5. The Bertz CT molecular complexity index is 886. The number of amides is 1. The predicted molar refractivity (Wildman–Crippen MR) is 93.7 cm³/mol. The third-order valence-electron chi connectivity index (χ3n) is 3.60. The number of carbonyl (C=O) groups is 1. The average molecular weight is 337 g/mol. The van der Waals surface area contributed by atoms with E-state index in [0.717, 1.165) is 5.56 Å². The van der Waals surface area contributed by atoms with Crippen molar-refractivity contribution in [3.63, 3.8) is 0 Å². The van der Waals surface area contributed by atoms with Crippen molar-refractivity contribution < 1.29 is 9.18 Å². The van der Waals surface area contributed by atoms with Crippen LogP contribution in [0.1, 0.15) is 16.1 Å². The molecule has 2 aromatic heterocycles. The highest BCUT2D eigenvalue weighted by atomic mass is 19.1. The zero-order chi connectivity index (χ0) is 17.6. The smallest absolute Gasteiger partial charge is 0.278 e. The summed E-state index contributed by atoms with van der Waals surface area (Å²) in [4.78, 5) is 24.9. The lowest BCUT2D eigenvalue weighted by molar-refractivity contribution is 0.102. The molecule has 2 heterocycles. The van der Waals surface area contributed by atoms with Crippen LogP contribution < -0.4 is 11.1 Å². The van der Waals surface area contributed by atoms with Gasteiger partial charge in [-0.3, -0.25) is 14.2 Å². The van der Waals surface area contributed by atoms with Gasteiger partial charge in [-0.15, -0.1) is 0 Å². The topological polar surface area (TPSA) is 93.8 Å². The summed E-state index contributed by atoms with van der Waals surface area (Å²) in [5.41, 5.74) is 8.26. The van der Waals surface area contributed by atoms with Gasteiger partial charge in [0.15, 0.2) is 11.5 Å². The zero-order valence-electron chi connectivity index (χ0n) is 13.3. The summed E-state index contributed by atoms with van der Waals surface area (Å²) in [5, 5.41) is 2.73. The van der Waals surface area contributed by atoms with E-state index in [1.807, 2.05) is 6.07 Å². The van der Waals surface area contributed by atoms with Gasteiger partial charge in [0.2, 0.25) is 0 Å². The van der Waals surface area contributed by atoms with Crippen molar-refractivity contribution in [3.8, 4) is 11.3 Å². The summed E-state index contributed by atoms with van der Waals surface area (Å²) in [6, 6.07) is 10.6. The number of nitrogens with two attached hydrogens (primary N) is 1. The fourth-order valence-electron chi connectivity index (χ4n) is 2.36. The summed E-state index contributed by atoms with van der Waals surface area (Å²) in [5.74, 6) is -0.477. The number of aromatic nitrogens is 3. The number of nitrogen functional groups attached to an aromatic ring is 1. The van der Waals surface area contributed by atoms with E-state index in [1.165, 1.54) is 6.20 Å². The number of alkyl halides is 1. The predicted octanol–water partition coefficient (Wildman–Crippen LogP) is 2.89. The number of anilines is 2. The third-order valence-corrected chi connectivity index (χ3v) is 3.60. The minimum atomic E-state index is -0.509. The maximum atomic E-state index is 12.7. The minimum Gasteiger partial charge on any atom is -0.382 e. The van der Waals surface area contributed by atoms with Gasteiger partial charge in [-0.05, 0) is 23.8 Å². The fraction of sp³-hybridized carbons (Fsp3) is 0.111. The molecule has 3 N–H and O–H groups in total. The van der Waals surface area contributed by atoms with Crippen LogP contribution in [0.3, 0.4) is 0 Å². The molecule has 3 rings (SSSR count). The number of rotatable bonds is 5. The molecule has 0 spiro atoms. The number of pyridine rings is 1. The largest absolute Gasteiger partial charge is 0.382 e. The molecule has 6 nitrogen and oxygen atoms in total. The number of para-hydroxylation sites is 1. The molecule has 1 aromatic carbocycles. The van der Waals surface area contributed by atoms with Crippen molar-refractivity contribution in [2.24, 2.45) is 0 Å². The number of hydrogen-bond acceptors (Lipinski definition) is 5. The van der Waals surface area contributed by atoms with Gasteiger partial charge < -0.3 is 11.1 Å². The number of hydrogen-bond donors (Lipinski definition) is 2. The first-order chi connectivity index (χ1) is 12.2. The molecular weight excluding hydrogens is 321 g/mol. The summed E-state index contributed by atoms with van der Waals surface area (Å²) >= 11 is 0. The molecule has 0 atom stereocenters. The van der Waals surface area contributed by atoms with E-state index >= 15 is 0 Å². The average Bonchev–Trinajstić information content (AvgIpc) is 2.64. The first-order valence-corrected chi connectivity index (χ1v) is 7.67. The lowest BCUT2D eigenvalue weighted by Gasteiger charge is -2.11. The molecule has 7 heteroatoms. The molecule has 0 fully saturated rings. The van der Waals surface area contributed by atoms with Gasteiger partial charge in [0.25, 0.3) is 5.91 Å². The molecule has 25 heavy (non-hydrogen) atoms. The molecule has 0 aliphatic rings. The highest BCUT2D eigenvalue weighted by Gasteiger charge is 2.16. The van der Waals surface area contributed by atoms with Gasteiger partial charge in [-0.2, -0.15) is 0 Å². The second-order valence-electron chi connectivity index (χ2n) is 5.28. The molecular formula is C18H16FN5O.